The molecule has 1 atom stereocenters. The highest BCUT2D eigenvalue weighted by atomic mass is 32.2. The molecule has 1 aromatic carbocycles. The summed E-state index contributed by atoms with van der Waals surface area (Å²) in [6.07, 6.45) is 1.94. The van der Waals surface area contributed by atoms with E-state index < -0.39 is 10.0 Å². The Kier molecular flexibility index (Phi) is 4.91. The zero-order valence-corrected chi connectivity index (χ0v) is 14.0. The number of piperidine rings is 1. The Hall–Kier alpha value is -1.11. The fourth-order valence-electron chi connectivity index (χ4n) is 2.72. The van der Waals surface area contributed by atoms with E-state index in [-0.39, 0.29) is 6.04 Å². The first-order chi connectivity index (χ1) is 9.86. The second-order valence-corrected chi connectivity index (χ2v) is 7.69. The molecule has 5 nitrogen and oxygen atoms in total. The summed E-state index contributed by atoms with van der Waals surface area (Å²) in [6, 6.07) is 5.32. The predicted molar refractivity (Wildman–Crippen MR) is 83.2 cm³/mol. The molecule has 1 heterocycles. The number of ether oxygens (including phenoxy) is 1. The Morgan fingerprint density at radius 2 is 2.05 bits per heavy atom. The Balaban J connectivity index is 2.27. The normalized spacial score (nSPS) is 20.7. The van der Waals surface area contributed by atoms with Crippen molar-refractivity contribution in [3.8, 4) is 5.75 Å². The summed E-state index contributed by atoms with van der Waals surface area (Å²) >= 11 is 0. The van der Waals surface area contributed by atoms with Crippen molar-refractivity contribution in [2.45, 2.75) is 30.7 Å². The number of hydrogen-bond acceptors (Lipinski definition) is 4. The van der Waals surface area contributed by atoms with Gasteiger partial charge in [-0.25, -0.2) is 8.42 Å². The number of aryl methyl sites for hydroxylation is 1. The van der Waals surface area contributed by atoms with E-state index in [1.807, 2.05) is 21.0 Å². The number of methoxy groups -OCH3 is 1. The van der Waals surface area contributed by atoms with Crippen molar-refractivity contribution < 1.29 is 13.2 Å². The van der Waals surface area contributed by atoms with E-state index in [2.05, 4.69) is 4.90 Å². The molecular weight excluding hydrogens is 288 g/mol. The zero-order chi connectivity index (χ0) is 15.6. The summed E-state index contributed by atoms with van der Waals surface area (Å²) in [5.41, 5.74) is 0.833. The summed E-state index contributed by atoms with van der Waals surface area (Å²) in [5, 5.41) is 0. The molecule has 21 heavy (non-hydrogen) atoms. The van der Waals surface area contributed by atoms with E-state index in [4.69, 9.17) is 4.74 Å². The molecule has 0 bridgehead atoms. The van der Waals surface area contributed by atoms with E-state index in [9.17, 15) is 8.42 Å². The maximum Gasteiger partial charge on any atom is 0.243 e. The third-order valence-electron chi connectivity index (χ3n) is 4.09. The van der Waals surface area contributed by atoms with Gasteiger partial charge in [-0.2, -0.15) is 4.31 Å². The summed E-state index contributed by atoms with van der Waals surface area (Å²) in [5.74, 6) is 0.707. The van der Waals surface area contributed by atoms with Crippen LogP contribution in [0.25, 0.3) is 0 Å². The van der Waals surface area contributed by atoms with Gasteiger partial charge in [0.1, 0.15) is 5.75 Å². The lowest BCUT2D eigenvalue weighted by atomic mass is 10.1. The van der Waals surface area contributed by atoms with Gasteiger partial charge in [-0.3, -0.25) is 0 Å². The number of rotatable bonds is 4. The largest absolute Gasteiger partial charge is 0.496 e. The first-order valence-corrected chi connectivity index (χ1v) is 8.61. The van der Waals surface area contributed by atoms with E-state index in [1.54, 1.807) is 29.6 Å². The molecule has 0 amide bonds. The topological polar surface area (TPSA) is 49.9 Å². The van der Waals surface area contributed by atoms with Gasteiger partial charge in [-0.05, 0) is 57.6 Å². The molecule has 0 aliphatic carbocycles. The number of nitrogens with zero attached hydrogens (tertiary/aromatic N) is 2. The van der Waals surface area contributed by atoms with Gasteiger partial charge in [0, 0.05) is 19.1 Å². The molecule has 0 spiro atoms. The second-order valence-electron chi connectivity index (χ2n) is 5.75. The van der Waals surface area contributed by atoms with Gasteiger partial charge in [0.25, 0.3) is 0 Å². The highest BCUT2D eigenvalue weighted by molar-refractivity contribution is 7.89. The van der Waals surface area contributed by atoms with Crippen LogP contribution in [0.2, 0.25) is 0 Å². The van der Waals surface area contributed by atoms with Crippen LogP contribution in [0.3, 0.4) is 0 Å². The van der Waals surface area contributed by atoms with Crippen molar-refractivity contribution in [3.63, 3.8) is 0 Å². The lowest BCUT2D eigenvalue weighted by molar-refractivity contribution is 0.190. The lowest BCUT2D eigenvalue weighted by Gasteiger charge is -2.35. The monoisotopic (exact) mass is 312 g/mol. The van der Waals surface area contributed by atoms with Crippen LogP contribution < -0.4 is 4.74 Å². The summed E-state index contributed by atoms with van der Waals surface area (Å²) < 4.78 is 32.3. The van der Waals surface area contributed by atoms with Crippen molar-refractivity contribution in [1.29, 1.82) is 0 Å². The Labute approximate surface area is 127 Å². The summed E-state index contributed by atoms with van der Waals surface area (Å²) in [6.45, 7) is 3.01. The molecule has 1 aliphatic rings. The fraction of sp³-hybridized carbons (Fsp3) is 0.600. The first-order valence-electron chi connectivity index (χ1n) is 7.17. The molecular formula is C15H24N2O3S. The van der Waals surface area contributed by atoms with Gasteiger partial charge in [0.05, 0.1) is 12.0 Å². The quantitative estimate of drug-likeness (QED) is 0.849. The van der Waals surface area contributed by atoms with Gasteiger partial charge in [0.2, 0.25) is 10.0 Å². The van der Waals surface area contributed by atoms with Crippen molar-refractivity contribution in [3.05, 3.63) is 23.8 Å². The van der Waals surface area contributed by atoms with E-state index in [1.165, 1.54) is 0 Å². The van der Waals surface area contributed by atoms with Crippen LogP contribution in [0.5, 0.6) is 5.75 Å². The lowest BCUT2D eigenvalue weighted by Crippen LogP contribution is -2.47. The van der Waals surface area contributed by atoms with Gasteiger partial charge in [-0.15, -0.1) is 0 Å². The van der Waals surface area contributed by atoms with Crippen LogP contribution in [-0.4, -0.2) is 58.0 Å². The second kappa shape index (κ2) is 6.34. The molecule has 0 aromatic heterocycles. The standard InChI is InChI=1S/C15H24N2O3S/c1-12-10-14(7-8-15(12)20-4)21(18,19)17-9-5-6-13(11-17)16(2)3/h7-8,10,13H,5-6,9,11H2,1-4H3/t13-/m0/s1. The van der Waals surface area contributed by atoms with Crippen LogP contribution in [0.4, 0.5) is 0 Å². The minimum atomic E-state index is -3.42. The molecule has 1 saturated heterocycles. The molecule has 0 N–H and O–H groups in total. The third kappa shape index (κ3) is 3.39. The van der Waals surface area contributed by atoms with Crippen LogP contribution in [0, 0.1) is 6.92 Å². The van der Waals surface area contributed by atoms with Gasteiger partial charge in [-0.1, -0.05) is 0 Å². The fourth-order valence-corrected chi connectivity index (χ4v) is 4.32. The Morgan fingerprint density at radius 1 is 1.33 bits per heavy atom. The van der Waals surface area contributed by atoms with Crippen molar-refractivity contribution >= 4 is 10.0 Å². The Morgan fingerprint density at radius 3 is 2.62 bits per heavy atom. The third-order valence-corrected chi connectivity index (χ3v) is 5.95. The molecule has 1 fully saturated rings. The molecule has 118 valence electrons. The summed E-state index contributed by atoms with van der Waals surface area (Å²) in [4.78, 5) is 2.45. The molecule has 0 radical (unpaired) electrons. The molecule has 2 rings (SSSR count). The maximum absolute atomic E-state index is 12.8. The number of hydrogen-bond donors (Lipinski definition) is 0. The van der Waals surface area contributed by atoms with Crippen molar-refractivity contribution in [1.82, 2.24) is 9.21 Å². The highest BCUT2D eigenvalue weighted by Crippen LogP contribution is 2.26. The van der Waals surface area contributed by atoms with E-state index >= 15 is 0 Å². The molecule has 0 saturated carbocycles. The van der Waals surface area contributed by atoms with Crippen LogP contribution in [0.15, 0.2) is 23.1 Å². The van der Waals surface area contributed by atoms with E-state index in [0.29, 0.717) is 23.7 Å². The first kappa shape index (κ1) is 16.3. The van der Waals surface area contributed by atoms with Crippen LogP contribution >= 0.6 is 0 Å². The molecule has 6 heteroatoms. The molecule has 0 unspecified atom stereocenters. The van der Waals surface area contributed by atoms with Crippen LogP contribution in [-0.2, 0) is 10.0 Å². The maximum atomic E-state index is 12.8. The minimum Gasteiger partial charge on any atom is -0.496 e. The minimum absolute atomic E-state index is 0.285. The Bertz CT molecular complexity index is 599. The van der Waals surface area contributed by atoms with Gasteiger partial charge in [0.15, 0.2) is 0 Å². The van der Waals surface area contributed by atoms with Gasteiger partial charge < -0.3 is 9.64 Å². The molecule has 1 aliphatic heterocycles. The SMILES string of the molecule is COc1ccc(S(=O)(=O)N2CCC[C@H](N(C)C)C2)cc1C. The van der Waals surface area contributed by atoms with Gasteiger partial charge >= 0.3 is 0 Å². The average molecular weight is 312 g/mol. The highest BCUT2D eigenvalue weighted by Gasteiger charge is 2.31. The van der Waals surface area contributed by atoms with Crippen LogP contribution in [0.1, 0.15) is 18.4 Å². The molecule has 1 aromatic rings. The number of benzene rings is 1. The smallest absolute Gasteiger partial charge is 0.243 e. The number of sulfonamides is 1. The predicted octanol–water partition coefficient (Wildman–Crippen LogP) is 1.72. The van der Waals surface area contributed by atoms with Crippen molar-refractivity contribution in [2.75, 3.05) is 34.3 Å². The average Bonchev–Trinajstić information content (AvgIpc) is 2.47. The number of likely N-dealkylation sites (N-methyl/N-ethyl adjacent to an activating group) is 1. The van der Waals surface area contributed by atoms with Crippen molar-refractivity contribution in [2.24, 2.45) is 0 Å². The van der Waals surface area contributed by atoms with E-state index in [0.717, 1.165) is 18.4 Å². The summed E-state index contributed by atoms with van der Waals surface area (Å²) in [7, 11) is 2.16. The zero-order valence-electron chi connectivity index (χ0n) is 13.2.